The first kappa shape index (κ1) is 24.2. The fraction of sp³-hybridized carbons (Fsp3) is 0.556. The van der Waals surface area contributed by atoms with Gasteiger partial charge in [-0.2, -0.15) is 5.26 Å². The van der Waals surface area contributed by atoms with Crippen molar-refractivity contribution in [3.05, 3.63) is 47.5 Å². The van der Waals surface area contributed by atoms with E-state index in [1.165, 1.54) is 4.90 Å². The van der Waals surface area contributed by atoms with Crippen LogP contribution in [0.5, 0.6) is 0 Å². The summed E-state index contributed by atoms with van der Waals surface area (Å²) in [6.07, 6.45) is 6.46. The first-order chi connectivity index (χ1) is 16.4. The fourth-order valence-electron chi connectivity index (χ4n) is 5.40. The highest BCUT2D eigenvalue weighted by Crippen LogP contribution is 2.37. The Morgan fingerprint density at radius 2 is 1.65 bits per heavy atom. The van der Waals surface area contributed by atoms with Crippen molar-refractivity contribution in [1.29, 1.82) is 5.26 Å². The first-order valence-corrected chi connectivity index (χ1v) is 12.4. The van der Waals surface area contributed by atoms with Gasteiger partial charge >= 0.3 is 0 Å². The Morgan fingerprint density at radius 1 is 1.00 bits per heavy atom. The quantitative estimate of drug-likeness (QED) is 0.479. The molecule has 2 fully saturated rings. The molecule has 34 heavy (non-hydrogen) atoms. The molecular weight excluding hydrogens is 428 g/mol. The minimum atomic E-state index is -0.712. The van der Waals surface area contributed by atoms with Gasteiger partial charge in [0.1, 0.15) is 6.04 Å². The number of likely N-dealkylation sites (tertiary alicyclic amines) is 1. The SMILES string of the molecule is CC(C)CC(C(=O)N1CCCN(Cc2ccc(C#N)cc2)CC1)N1C(=O)C2CC=CCC2C1=O. The molecule has 2 aliphatic heterocycles. The lowest BCUT2D eigenvalue weighted by molar-refractivity contribution is -0.152. The summed E-state index contributed by atoms with van der Waals surface area (Å²) >= 11 is 0. The summed E-state index contributed by atoms with van der Waals surface area (Å²) in [5, 5.41) is 8.99. The summed E-state index contributed by atoms with van der Waals surface area (Å²) in [4.78, 5) is 45.6. The third-order valence-corrected chi connectivity index (χ3v) is 7.22. The number of imide groups is 1. The Balaban J connectivity index is 1.44. The van der Waals surface area contributed by atoms with Crippen LogP contribution in [-0.2, 0) is 20.9 Å². The molecule has 0 aromatic heterocycles. The molecule has 0 bridgehead atoms. The number of nitrogens with zero attached hydrogens (tertiary/aromatic N) is 4. The van der Waals surface area contributed by atoms with Gasteiger partial charge in [0.25, 0.3) is 0 Å². The molecule has 1 aliphatic carbocycles. The number of fused-ring (bicyclic) bond motifs is 1. The van der Waals surface area contributed by atoms with Gasteiger partial charge in [0.15, 0.2) is 0 Å². The molecule has 0 saturated carbocycles. The van der Waals surface area contributed by atoms with Crippen LogP contribution in [0.15, 0.2) is 36.4 Å². The molecule has 7 heteroatoms. The first-order valence-electron chi connectivity index (χ1n) is 12.4. The Morgan fingerprint density at radius 3 is 2.24 bits per heavy atom. The van der Waals surface area contributed by atoms with Crippen molar-refractivity contribution in [2.45, 2.75) is 52.1 Å². The average Bonchev–Trinajstić information content (AvgIpc) is 2.97. The third-order valence-electron chi connectivity index (χ3n) is 7.22. The van der Waals surface area contributed by atoms with Crippen molar-refractivity contribution in [2.24, 2.45) is 17.8 Å². The smallest absolute Gasteiger partial charge is 0.245 e. The normalized spacial score (nSPS) is 24.2. The van der Waals surface area contributed by atoms with E-state index in [4.69, 9.17) is 5.26 Å². The van der Waals surface area contributed by atoms with E-state index >= 15 is 0 Å². The Labute approximate surface area is 202 Å². The second-order valence-corrected chi connectivity index (χ2v) is 10.1. The minimum Gasteiger partial charge on any atom is -0.340 e. The van der Waals surface area contributed by atoms with E-state index in [0.29, 0.717) is 37.9 Å². The zero-order chi connectivity index (χ0) is 24.2. The van der Waals surface area contributed by atoms with Crippen LogP contribution in [0, 0.1) is 29.1 Å². The number of rotatable bonds is 6. The van der Waals surface area contributed by atoms with E-state index in [-0.39, 0.29) is 35.5 Å². The van der Waals surface area contributed by atoms with Crippen molar-refractivity contribution in [2.75, 3.05) is 26.2 Å². The number of hydrogen-bond acceptors (Lipinski definition) is 5. The largest absolute Gasteiger partial charge is 0.340 e. The molecule has 2 saturated heterocycles. The van der Waals surface area contributed by atoms with Crippen LogP contribution in [0.2, 0.25) is 0 Å². The van der Waals surface area contributed by atoms with Crippen LogP contribution in [0.3, 0.4) is 0 Å². The zero-order valence-electron chi connectivity index (χ0n) is 20.2. The van der Waals surface area contributed by atoms with Gasteiger partial charge < -0.3 is 4.90 Å². The van der Waals surface area contributed by atoms with Crippen LogP contribution in [0.1, 0.15) is 50.7 Å². The molecule has 2 heterocycles. The highest BCUT2D eigenvalue weighted by molar-refractivity contribution is 6.08. The molecule has 3 unspecified atom stereocenters. The van der Waals surface area contributed by atoms with Crippen LogP contribution in [0.25, 0.3) is 0 Å². The molecule has 1 aromatic carbocycles. The predicted molar refractivity (Wildman–Crippen MR) is 128 cm³/mol. The van der Waals surface area contributed by atoms with Gasteiger partial charge in [-0.15, -0.1) is 0 Å². The number of carbonyl (C=O) groups excluding carboxylic acids is 3. The van der Waals surface area contributed by atoms with E-state index in [1.54, 1.807) is 0 Å². The summed E-state index contributed by atoms with van der Waals surface area (Å²) in [6, 6.07) is 9.04. The van der Waals surface area contributed by atoms with E-state index in [2.05, 4.69) is 11.0 Å². The number of nitriles is 1. The van der Waals surface area contributed by atoms with Gasteiger partial charge in [0.2, 0.25) is 17.7 Å². The zero-order valence-corrected chi connectivity index (χ0v) is 20.2. The lowest BCUT2D eigenvalue weighted by atomic mass is 9.85. The number of allylic oxidation sites excluding steroid dienone is 2. The van der Waals surface area contributed by atoms with Gasteiger partial charge in [-0.1, -0.05) is 38.1 Å². The minimum absolute atomic E-state index is 0.0952. The highest BCUT2D eigenvalue weighted by atomic mass is 16.2. The molecule has 7 nitrogen and oxygen atoms in total. The second-order valence-electron chi connectivity index (χ2n) is 10.1. The maximum absolute atomic E-state index is 13.7. The predicted octanol–water partition coefficient (Wildman–Crippen LogP) is 2.96. The van der Waals surface area contributed by atoms with Crippen molar-refractivity contribution < 1.29 is 14.4 Å². The van der Waals surface area contributed by atoms with E-state index in [0.717, 1.165) is 31.6 Å². The highest BCUT2D eigenvalue weighted by Gasteiger charge is 2.51. The van der Waals surface area contributed by atoms with Crippen molar-refractivity contribution in [1.82, 2.24) is 14.7 Å². The molecule has 0 N–H and O–H groups in total. The van der Waals surface area contributed by atoms with Gasteiger partial charge in [-0.05, 0) is 49.3 Å². The second kappa shape index (κ2) is 10.5. The number of amides is 3. The number of hydrogen-bond donors (Lipinski definition) is 0. The van der Waals surface area contributed by atoms with Crippen molar-refractivity contribution >= 4 is 17.7 Å². The summed E-state index contributed by atoms with van der Waals surface area (Å²) < 4.78 is 0. The van der Waals surface area contributed by atoms with Crippen LogP contribution < -0.4 is 0 Å². The molecule has 3 aliphatic rings. The molecule has 3 atom stereocenters. The van der Waals surface area contributed by atoms with Crippen LogP contribution in [-0.4, -0.2) is 64.6 Å². The molecule has 3 amide bonds. The molecule has 0 spiro atoms. The van der Waals surface area contributed by atoms with Crippen molar-refractivity contribution in [3.8, 4) is 6.07 Å². The summed E-state index contributed by atoms with van der Waals surface area (Å²) in [6.45, 7) is 7.63. The average molecular weight is 463 g/mol. The van der Waals surface area contributed by atoms with E-state index in [9.17, 15) is 14.4 Å². The summed E-state index contributed by atoms with van der Waals surface area (Å²) in [7, 11) is 0. The van der Waals surface area contributed by atoms with Gasteiger partial charge in [-0.3, -0.25) is 24.2 Å². The van der Waals surface area contributed by atoms with E-state index in [1.807, 2.05) is 55.2 Å². The third kappa shape index (κ3) is 5.07. The van der Waals surface area contributed by atoms with Crippen molar-refractivity contribution in [3.63, 3.8) is 0 Å². The molecule has 0 radical (unpaired) electrons. The maximum atomic E-state index is 13.7. The molecule has 1 aromatic rings. The van der Waals surface area contributed by atoms with Crippen LogP contribution >= 0.6 is 0 Å². The maximum Gasteiger partial charge on any atom is 0.245 e. The Kier molecular flexibility index (Phi) is 7.47. The van der Waals surface area contributed by atoms with Crippen LogP contribution in [0.4, 0.5) is 0 Å². The summed E-state index contributed by atoms with van der Waals surface area (Å²) in [5.41, 5.74) is 1.79. The number of benzene rings is 1. The van der Waals surface area contributed by atoms with Gasteiger partial charge in [0.05, 0.1) is 23.5 Å². The fourth-order valence-corrected chi connectivity index (χ4v) is 5.40. The standard InChI is InChI=1S/C27H34N4O3/c1-19(2)16-24(31-25(32)22-6-3-4-7-23(22)26(31)33)27(34)30-13-5-12-29(14-15-30)18-21-10-8-20(17-28)9-11-21/h3-4,8-11,19,22-24H,5-7,12-16,18H2,1-2H3. The lowest BCUT2D eigenvalue weighted by Crippen LogP contribution is -2.52. The van der Waals surface area contributed by atoms with E-state index < -0.39 is 6.04 Å². The summed E-state index contributed by atoms with van der Waals surface area (Å²) in [5.74, 6) is -0.873. The van der Waals surface area contributed by atoms with Gasteiger partial charge in [-0.25, -0.2) is 0 Å². The monoisotopic (exact) mass is 462 g/mol. The lowest BCUT2D eigenvalue weighted by Gasteiger charge is -2.32. The molecule has 4 rings (SSSR count). The molecular formula is C27H34N4O3. The number of carbonyl (C=O) groups is 3. The topological polar surface area (TPSA) is 84.7 Å². The Hall–Kier alpha value is -2.98. The Bertz CT molecular complexity index is 968. The van der Waals surface area contributed by atoms with Gasteiger partial charge in [0, 0.05) is 32.7 Å². The molecule has 180 valence electrons.